The Morgan fingerprint density at radius 1 is 1.15 bits per heavy atom. The molecule has 0 spiro atoms. The average Bonchev–Trinajstić information content (AvgIpc) is 2.52. The third kappa shape index (κ3) is 4.67. The van der Waals surface area contributed by atoms with E-state index in [0.29, 0.717) is 0 Å². The monoisotopic (exact) mass is 276 g/mol. The first-order valence-corrected chi connectivity index (χ1v) is 7.97. The molecule has 0 amide bonds. The van der Waals surface area contributed by atoms with Crippen LogP contribution in [0.1, 0.15) is 33.1 Å². The normalized spacial score (nSPS) is 17.1. The van der Waals surface area contributed by atoms with Crippen molar-refractivity contribution in [2.45, 2.75) is 33.1 Å². The zero-order valence-corrected chi connectivity index (χ0v) is 12.9. The molecule has 0 atom stereocenters. The molecule has 112 valence electrons. The molecule has 2 heterocycles. The van der Waals surface area contributed by atoms with Crippen LogP contribution < -0.4 is 10.6 Å². The maximum atomic E-state index is 4.29. The number of anilines is 2. The van der Waals surface area contributed by atoms with Crippen LogP contribution in [0.2, 0.25) is 0 Å². The van der Waals surface area contributed by atoms with E-state index in [0.717, 1.165) is 36.8 Å². The molecule has 1 aliphatic rings. The lowest BCUT2D eigenvalue weighted by molar-refractivity contribution is 0.198. The predicted molar refractivity (Wildman–Crippen MR) is 86.3 cm³/mol. The van der Waals surface area contributed by atoms with Crippen molar-refractivity contribution in [2.24, 2.45) is 5.92 Å². The molecule has 0 saturated carbocycles. The Morgan fingerprint density at radius 3 is 2.50 bits per heavy atom. The van der Waals surface area contributed by atoms with Crippen LogP contribution >= 0.6 is 0 Å². The highest BCUT2D eigenvalue weighted by Crippen LogP contribution is 2.19. The summed E-state index contributed by atoms with van der Waals surface area (Å²) in [6, 6.07) is 2.16. The smallest absolute Gasteiger partial charge is 0.0547 e. The molecule has 0 aromatic carbocycles. The number of nitrogens with zero attached hydrogens (tertiary/aromatic N) is 2. The number of piperidine rings is 1. The van der Waals surface area contributed by atoms with Crippen LogP contribution in [0, 0.1) is 5.92 Å². The van der Waals surface area contributed by atoms with Gasteiger partial charge < -0.3 is 15.5 Å². The van der Waals surface area contributed by atoms with E-state index in [-0.39, 0.29) is 0 Å². The van der Waals surface area contributed by atoms with Gasteiger partial charge in [0.25, 0.3) is 0 Å². The van der Waals surface area contributed by atoms with Gasteiger partial charge in [0.05, 0.1) is 23.8 Å². The van der Waals surface area contributed by atoms with Crippen LogP contribution in [0.15, 0.2) is 18.5 Å². The number of hydrogen-bond acceptors (Lipinski definition) is 4. The van der Waals surface area contributed by atoms with Gasteiger partial charge in [-0.2, -0.15) is 0 Å². The Balaban J connectivity index is 1.76. The molecule has 0 bridgehead atoms. The van der Waals surface area contributed by atoms with Gasteiger partial charge in [-0.1, -0.05) is 13.8 Å². The number of aromatic nitrogens is 1. The fourth-order valence-electron chi connectivity index (χ4n) is 2.67. The lowest BCUT2D eigenvalue weighted by atomic mass is 9.97. The van der Waals surface area contributed by atoms with E-state index in [1.807, 2.05) is 12.4 Å². The van der Waals surface area contributed by atoms with E-state index in [2.05, 4.69) is 40.4 Å². The summed E-state index contributed by atoms with van der Waals surface area (Å²) in [5.41, 5.74) is 2.24. The average molecular weight is 276 g/mol. The summed E-state index contributed by atoms with van der Waals surface area (Å²) in [6.45, 7) is 10.2. The molecule has 2 rings (SSSR count). The molecule has 1 saturated heterocycles. The van der Waals surface area contributed by atoms with Gasteiger partial charge in [0, 0.05) is 13.1 Å². The minimum absolute atomic E-state index is 0.796. The Bertz CT molecular complexity index is 386. The standard InChI is InChI=1S/C16H28N4/c1-3-7-18-15-10-16(13-17-12-15)19-11-14-5-8-20(4-2)9-6-14/h10,12-14,18-19H,3-9,11H2,1-2H3. The Hall–Kier alpha value is -1.29. The van der Waals surface area contributed by atoms with Crippen molar-refractivity contribution < 1.29 is 0 Å². The number of nitrogens with one attached hydrogen (secondary N) is 2. The molecule has 20 heavy (non-hydrogen) atoms. The van der Waals surface area contributed by atoms with Gasteiger partial charge in [-0.25, -0.2) is 0 Å². The van der Waals surface area contributed by atoms with Gasteiger partial charge in [-0.15, -0.1) is 0 Å². The number of hydrogen-bond donors (Lipinski definition) is 2. The molecule has 1 aromatic rings. The van der Waals surface area contributed by atoms with E-state index in [1.165, 1.54) is 32.5 Å². The van der Waals surface area contributed by atoms with Crippen LogP contribution in [-0.2, 0) is 0 Å². The minimum atomic E-state index is 0.796. The Morgan fingerprint density at radius 2 is 1.85 bits per heavy atom. The summed E-state index contributed by atoms with van der Waals surface area (Å²) >= 11 is 0. The van der Waals surface area contributed by atoms with E-state index in [9.17, 15) is 0 Å². The third-order valence-electron chi connectivity index (χ3n) is 4.07. The molecule has 4 heteroatoms. The maximum absolute atomic E-state index is 4.29. The summed E-state index contributed by atoms with van der Waals surface area (Å²) in [6.07, 6.45) is 7.55. The molecule has 4 nitrogen and oxygen atoms in total. The van der Waals surface area contributed by atoms with Gasteiger partial charge in [0.15, 0.2) is 0 Å². The number of likely N-dealkylation sites (tertiary alicyclic amines) is 1. The molecule has 1 aliphatic heterocycles. The highest BCUT2D eigenvalue weighted by atomic mass is 15.1. The fraction of sp³-hybridized carbons (Fsp3) is 0.688. The predicted octanol–water partition coefficient (Wildman–Crippen LogP) is 3.05. The van der Waals surface area contributed by atoms with Gasteiger partial charge >= 0.3 is 0 Å². The molecule has 0 radical (unpaired) electrons. The van der Waals surface area contributed by atoms with Crippen molar-refractivity contribution in [2.75, 3.05) is 43.4 Å². The van der Waals surface area contributed by atoms with Crippen LogP contribution in [0.3, 0.4) is 0 Å². The zero-order valence-electron chi connectivity index (χ0n) is 12.9. The molecular weight excluding hydrogens is 248 g/mol. The largest absolute Gasteiger partial charge is 0.384 e. The van der Waals surface area contributed by atoms with Gasteiger partial charge in [0.1, 0.15) is 0 Å². The van der Waals surface area contributed by atoms with Crippen LogP contribution in [0.5, 0.6) is 0 Å². The molecular formula is C16H28N4. The number of pyridine rings is 1. The quantitative estimate of drug-likeness (QED) is 0.803. The first kappa shape index (κ1) is 15.1. The molecule has 1 aromatic heterocycles. The van der Waals surface area contributed by atoms with E-state index >= 15 is 0 Å². The van der Waals surface area contributed by atoms with Gasteiger partial charge in [-0.05, 0) is 50.9 Å². The third-order valence-corrected chi connectivity index (χ3v) is 4.07. The minimum Gasteiger partial charge on any atom is -0.384 e. The SMILES string of the molecule is CCCNc1cncc(NCC2CCN(CC)CC2)c1. The Kier molecular flexibility index (Phi) is 6.12. The maximum Gasteiger partial charge on any atom is 0.0547 e. The Labute approximate surface area is 123 Å². The fourth-order valence-corrected chi connectivity index (χ4v) is 2.67. The summed E-state index contributed by atoms with van der Waals surface area (Å²) in [7, 11) is 0. The van der Waals surface area contributed by atoms with Crippen LogP contribution in [0.4, 0.5) is 11.4 Å². The number of rotatable bonds is 7. The molecule has 1 fully saturated rings. The first-order valence-electron chi connectivity index (χ1n) is 7.97. The van der Waals surface area contributed by atoms with E-state index < -0.39 is 0 Å². The molecule has 2 N–H and O–H groups in total. The van der Waals surface area contributed by atoms with E-state index in [1.54, 1.807) is 0 Å². The lowest BCUT2D eigenvalue weighted by Crippen LogP contribution is -2.35. The van der Waals surface area contributed by atoms with E-state index in [4.69, 9.17) is 0 Å². The topological polar surface area (TPSA) is 40.2 Å². The summed E-state index contributed by atoms with van der Waals surface area (Å²) in [4.78, 5) is 6.83. The summed E-state index contributed by atoms with van der Waals surface area (Å²) < 4.78 is 0. The zero-order chi connectivity index (χ0) is 14.2. The lowest BCUT2D eigenvalue weighted by Gasteiger charge is -2.31. The van der Waals surface area contributed by atoms with Crippen LogP contribution in [-0.4, -0.2) is 42.6 Å². The van der Waals surface area contributed by atoms with Crippen molar-refractivity contribution in [3.8, 4) is 0 Å². The van der Waals surface area contributed by atoms with Crippen molar-refractivity contribution in [1.29, 1.82) is 0 Å². The molecule has 0 unspecified atom stereocenters. The summed E-state index contributed by atoms with van der Waals surface area (Å²) in [5, 5.41) is 6.92. The second-order valence-corrected chi connectivity index (χ2v) is 5.65. The molecule has 0 aliphatic carbocycles. The second-order valence-electron chi connectivity index (χ2n) is 5.65. The highest BCUT2D eigenvalue weighted by Gasteiger charge is 2.17. The summed E-state index contributed by atoms with van der Waals surface area (Å²) in [5.74, 6) is 0.796. The first-order chi connectivity index (χ1) is 9.81. The van der Waals surface area contributed by atoms with Crippen molar-refractivity contribution >= 4 is 11.4 Å². The van der Waals surface area contributed by atoms with Crippen LogP contribution in [0.25, 0.3) is 0 Å². The van der Waals surface area contributed by atoms with Gasteiger partial charge in [-0.3, -0.25) is 4.98 Å². The second kappa shape index (κ2) is 8.10. The van der Waals surface area contributed by atoms with Crippen molar-refractivity contribution in [3.63, 3.8) is 0 Å². The highest BCUT2D eigenvalue weighted by molar-refractivity contribution is 5.53. The van der Waals surface area contributed by atoms with Gasteiger partial charge in [0.2, 0.25) is 0 Å². The van der Waals surface area contributed by atoms with Crippen molar-refractivity contribution in [3.05, 3.63) is 18.5 Å². The van der Waals surface area contributed by atoms with Crippen molar-refractivity contribution in [1.82, 2.24) is 9.88 Å².